The van der Waals surface area contributed by atoms with Crippen LogP contribution in [-0.4, -0.2) is 11.7 Å². The molecule has 0 saturated heterocycles. The van der Waals surface area contributed by atoms with Gasteiger partial charge in [-0.25, -0.2) is 4.39 Å². The molecule has 0 spiro atoms. The Morgan fingerprint density at radius 2 is 2.00 bits per heavy atom. The monoisotopic (exact) mass is 224 g/mol. The van der Waals surface area contributed by atoms with Crippen LogP contribution in [0.3, 0.4) is 0 Å². The highest BCUT2D eigenvalue weighted by Gasteiger charge is 2.12. The molecule has 1 unspecified atom stereocenters. The molecular formula is C14H21FO. The normalized spacial score (nSPS) is 13.1. The van der Waals surface area contributed by atoms with Crippen molar-refractivity contribution >= 4 is 0 Å². The highest BCUT2D eigenvalue weighted by atomic mass is 19.1. The summed E-state index contributed by atoms with van der Waals surface area (Å²) in [5.74, 6) is 0.605. The molecule has 0 radical (unpaired) electrons. The van der Waals surface area contributed by atoms with Gasteiger partial charge in [-0.2, -0.15) is 0 Å². The van der Waals surface area contributed by atoms with Crippen molar-refractivity contribution < 1.29 is 9.50 Å². The van der Waals surface area contributed by atoms with Gasteiger partial charge in [0.1, 0.15) is 5.82 Å². The Balaban J connectivity index is 2.73. The van der Waals surface area contributed by atoms with E-state index in [1.165, 1.54) is 6.07 Å². The van der Waals surface area contributed by atoms with Crippen LogP contribution in [0.5, 0.6) is 0 Å². The van der Waals surface area contributed by atoms with E-state index >= 15 is 0 Å². The molecule has 0 bridgehead atoms. The first-order valence-electron chi connectivity index (χ1n) is 5.88. The minimum Gasteiger partial charge on any atom is -0.396 e. The SMILES string of the molecule is Cc1ccc(F)cc1CC(CO)CC(C)C. The smallest absolute Gasteiger partial charge is 0.123 e. The zero-order valence-corrected chi connectivity index (χ0v) is 10.3. The van der Waals surface area contributed by atoms with Gasteiger partial charge in [-0.05, 0) is 54.9 Å². The van der Waals surface area contributed by atoms with Crippen LogP contribution in [0.2, 0.25) is 0 Å². The second-order valence-corrected chi connectivity index (χ2v) is 4.95. The number of rotatable bonds is 5. The Hall–Kier alpha value is -0.890. The third-order valence-electron chi connectivity index (χ3n) is 2.88. The maximum absolute atomic E-state index is 13.1. The van der Waals surface area contributed by atoms with Crippen molar-refractivity contribution in [2.75, 3.05) is 6.61 Å². The Morgan fingerprint density at radius 3 is 2.56 bits per heavy atom. The van der Waals surface area contributed by atoms with Crippen molar-refractivity contribution in [2.45, 2.75) is 33.6 Å². The quantitative estimate of drug-likeness (QED) is 0.813. The zero-order chi connectivity index (χ0) is 12.1. The third-order valence-corrected chi connectivity index (χ3v) is 2.88. The summed E-state index contributed by atoms with van der Waals surface area (Å²) in [6, 6.07) is 4.86. The van der Waals surface area contributed by atoms with E-state index in [1.807, 2.05) is 6.92 Å². The molecule has 1 atom stereocenters. The molecule has 1 rings (SSSR count). The summed E-state index contributed by atoms with van der Waals surface area (Å²) < 4.78 is 13.1. The Labute approximate surface area is 97.3 Å². The minimum absolute atomic E-state index is 0.175. The summed E-state index contributed by atoms with van der Waals surface area (Å²) in [5.41, 5.74) is 2.11. The summed E-state index contributed by atoms with van der Waals surface area (Å²) >= 11 is 0. The number of hydrogen-bond donors (Lipinski definition) is 1. The lowest BCUT2D eigenvalue weighted by Crippen LogP contribution is -2.13. The molecular weight excluding hydrogens is 203 g/mol. The summed E-state index contributed by atoms with van der Waals surface area (Å²) in [4.78, 5) is 0. The van der Waals surface area contributed by atoms with E-state index < -0.39 is 0 Å². The fourth-order valence-corrected chi connectivity index (χ4v) is 2.06. The predicted octanol–water partition coefficient (Wildman–Crippen LogP) is 3.33. The van der Waals surface area contributed by atoms with Crippen molar-refractivity contribution in [2.24, 2.45) is 11.8 Å². The van der Waals surface area contributed by atoms with Gasteiger partial charge in [0.15, 0.2) is 0 Å². The first-order valence-corrected chi connectivity index (χ1v) is 5.88. The van der Waals surface area contributed by atoms with E-state index in [0.717, 1.165) is 24.0 Å². The number of aryl methyl sites for hydroxylation is 1. The van der Waals surface area contributed by atoms with Crippen LogP contribution in [0.25, 0.3) is 0 Å². The van der Waals surface area contributed by atoms with Crippen molar-refractivity contribution in [3.8, 4) is 0 Å². The van der Waals surface area contributed by atoms with E-state index in [9.17, 15) is 9.50 Å². The van der Waals surface area contributed by atoms with Crippen molar-refractivity contribution in [3.05, 3.63) is 35.1 Å². The zero-order valence-electron chi connectivity index (χ0n) is 10.3. The van der Waals surface area contributed by atoms with Gasteiger partial charge in [0.25, 0.3) is 0 Å². The molecule has 1 aromatic carbocycles. The molecule has 0 aliphatic carbocycles. The predicted molar refractivity (Wildman–Crippen MR) is 64.9 cm³/mol. The van der Waals surface area contributed by atoms with Gasteiger partial charge >= 0.3 is 0 Å². The molecule has 2 heteroatoms. The van der Waals surface area contributed by atoms with Crippen molar-refractivity contribution in [1.82, 2.24) is 0 Å². The van der Waals surface area contributed by atoms with Crippen LogP contribution in [0.4, 0.5) is 4.39 Å². The van der Waals surface area contributed by atoms with Gasteiger partial charge in [0.05, 0.1) is 0 Å². The van der Waals surface area contributed by atoms with Crippen molar-refractivity contribution in [1.29, 1.82) is 0 Å². The molecule has 1 N–H and O–H groups in total. The molecule has 1 aromatic rings. The maximum atomic E-state index is 13.1. The van der Waals surface area contributed by atoms with E-state index in [1.54, 1.807) is 12.1 Å². The third kappa shape index (κ3) is 3.93. The number of aliphatic hydroxyl groups excluding tert-OH is 1. The molecule has 0 aliphatic heterocycles. The molecule has 16 heavy (non-hydrogen) atoms. The molecule has 0 amide bonds. The summed E-state index contributed by atoms with van der Waals surface area (Å²) in [6.07, 6.45) is 1.74. The van der Waals surface area contributed by atoms with E-state index in [2.05, 4.69) is 13.8 Å². The van der Waals surface area contributed by atoms with Gasteiger partial charge in [-0.3, -0.25) is 0 Å². The highest BCUT2D eigenvalue weighted by molar-refractivity contribution is 5.26. The molecule has 0 saturated carbocycles. The summed E-state index contributed by atoms with van der Waals surface area (Å²) in [6.45, 7) is 6.44. The number of hydrogen-bond acceptors (Lipinski definition) is 1. The van der Waals surface area contributed by atoms with Crippen LogP contribution in [0.1, 0.15) is 31.4 Å². The van der Waals surface area contributed by atoms with Gasteiger partial charge in [0, 0.05) is 6.61 Å². The van der Waals surface area contributed by atoms with E-state index in [0.29, 0.717) is 5.92 Å². The first kappa shape index (κ1) is 13.2. The average Bonchev–Trinajstić information content (AvgIpc) is 2.21. The minimum atomic E-state index is -0.193. The van der Waals surface area contributed by atoms with Gasteiger partial charge in [0.2, 0.25) is 0 Å². The van der Waals surface area contributed by atoms with Crippen LogP contribution >= 0.6 is 0 Å². The number of halogens is 1. The Bertz CT molecular complexity index is 334. The largest absolute Gasteiger partial charge is 0.396 e. The Morgan fingerprint density at radius 1 is 1.31 bits per heavy atom. The van der Waals surface area contributed by atoms with Crippen LogP contribution < -0.4 is 0 Å². The molecule has 90 valence electrons. The van der Waals surface area contributed by atoms with Gasteiger partial charge in [-0.1, -0.05) is 19.9 Å². The second kappa shape index (κ2) is 6.00. The van der Waals surface area contributed by atoms with E-state index in [4.69, 9.17) is 0 Å². The molecule has 1 nitrogen and oxygen atoms in total. The van der Waals surface area contributed by atoms with Gasteiger partial charge < -0.3 is 5.11 Å². The van der Waals surface area contributed by atoms with Gasteiger partial charge in [-0.15, -0.1) is 0 Å². The molecule has 0 aromatic heterocycles. The lowest BCUT2D eigenvalue weighted by Gasteiger charge is -2.17. The lowest BCUT2D eigenvalue weighted by molar-refractivity contribution is 0.205. The number of aliphatic hydroxyl groups is 1. The first-order chi connectivity index (χ1) is 7.52. The molecule has 0 aliphatic rings. The average molecular weight is 224 g/mol. The van der Waals surface area contributed by atoms with Crippen LogP contribution in [0, 0.1) is 24.6 Å². The second-order valence-electron chi connectivity index (χ2n) is 4.95. The van der Waals surface area contributed by atoms with Crippen molar-refractivity contribution in [3.63, 3.8) is 0 Å². The fraction of sp³-hybridized carbons (Fsp3) is 0.571. The Kier molecular flexibility index (Phi) is 4.94. The molecule has 0 fully saturated rings. The van der Waals surface area contributed by atoms with Crippen LogP contribution in [0.15, 0.2) is 18.2 Å². The standard InChI is InChI=1S/C14H21FO/c1-10(2)6-12(9-16)7-13-8-14(15)5-4-11(13)3/h4-5,8,10,12,16H,6-7,9H2,1-3H3. The maximum Gasteiger partial charge on any atom is 0.123 e. The number of benzene rings is 1. The fourth-order valence-electron chi connectivity index (χ4n) is 2.06. The summed E-state index contributed by atoms with van der Waals surface area (Å²) in [5, 5.41) is 9.30. The summed E-state index contributed by atoms with van der Waals surface area (Å²) in [7, 11) is 0. The highest BCUT2D eigenvalue weighted by Crippen LogP contribution is 2.20. The van der Waals surface area contributed by atoms with E-state index in [-0.39, 0.29) is 18.3 Å². The van der Waals surface area contributed by atoms with Crippen LogP contribution in [-0.2, 0) is 6.42 Å². The topological polar surface area (TPSA) is 20.2 Å². The lowest BCUT2D eigenvalue weighted by atomic mass is 9.90. The molecule has 0 heterocycles.